The molecule has 2 aromatic rings. The highest BCUT2D eigenvalue weighted by atomic mass is 79.9. The summed E-state index contributed by atoms with van der Waals surface area (Å²) in [6.07, 6.45) is 0. The fraction of sp³-hybridized carbons (Fsp3) is 0.238. The van der Waals surface area contributed by atoms with E-state index in [4.69, 9.17) is 4.74 Å². The minimum atomic E-state index is -0.285. The molecule has 2 aliphatic rings. The summed E-state index contributed by atoms with van der Waals surface area (Å²) in [6.45, 7) is 4.28. The first-order chi connectivity index (χ1) is 13.1. The Morgan fingerprint density at radius 2 is 1.52 bits per heavy atom. The topological polar surface area (TPSA) is 49.9 Å². The van der Waals surface area contributed by atoms with Gasteiger partial charge in [0.15, 0.2) is 0 Å². The van der Waals surface area contributed by atoms with Crippen LogP contribution in [0.5, 0.6) is 0 Å². The van der Waals surface area contributed by atoms with Crippen LogP contribution in [0.2, 0.25) is 0 Å². The molecular formula is C21H19BrN2O3. The van der Waals surface area contributed by atoms with Crippen LogP contribution in [0.15, 0.2) is 58.7 Å². The second-order valence-electron chi connectivity index (χ2n) is 6.61. The summed E-state index contributed by atoms with van der Waals surface area (Å²) in [5, 5.41) is 0. The summed E-state index contributed by atoms with van der Waals surface area (Å²) < 4.78 is 6.32. The lowest BCUT2D eigenvalue weighted by Gasteiger charge is -2.29. The van der Waals surface area contributed by atoms with E-state index in [9.17, 15) is 9.59 Å². The lowest BCUT2D eigenvalue weighted by Crippen LogP contribution is -2.40. The summed E-state index contributed by atoms with van der Waals surface area (Å²) in [7, 11) is 0. The zero-order valence-electron chi connectivity index (χ0n) is 14.9. The lowest BCUT2D eigenvalue weighted by molar-refractivity contribution is -0.121. The van der Waals surface area contributed by atoms with Crippen molar-refractivity contribution in [1.29, 1.82) is 0 Å². The normalized spacial score (nSPS) is 17.9. The smallest absolute Gasteiger partial charge is 0.282 e. The van der Waals surface area contributed by atoms with Gasteiger partial charge in [0.05, 0.1) is 24.5 Å². The molecule has 0 aromatic heterocycles. The van der Waals surface area contributed by atoms with Crippen LogP contribution in [-0.4, -0.2) is 43.0 Å². The van der Waals surface area contributed by atoms with Crippen LogP contribution in [0.3, 0.4) is 0 Å². The molecule has 1 fully saturated rings. The Kier molecular flexibility index (Phi) is 4.85. The van der Waals surface area contributed by atoms with Crippen molar-refractivity contribution in [2.45, 2.75) is 6.92 Å². The Labute approximate surface area is 166 Å². The van der Waals surface area contributed by atoms with E-state index in [1.54, 1.807) is 12.1 Å². The van der Waals surface area contributed by atoms with Crippen LogP contribution in [0.4, 0.5) is 5.69 Å². The summed E-state index contributed by atoms with van der Waals surface area (Å²) in [4.78, 5) is 29.9. The van der Waals surface area contributed by atoms with E-state index in [1.165, 1.54) is 4.90 Å². The fourth-order valence-corrected chi connectivity index (χ4v) is 3.67. The minimum Gasteiger partial charge on any atom is -0.378 e. The van der Waals surface area contributed by atoms with E-state index in [0.29, 0.717) is 43.3 Å². The van der Waals surface area contributed by atoms with Crippen molar-refractivity contribution in [2.75, 3.05) is 31.2 Å². The largest absolute Gasteiger partial charge is 0.378 e. The predicted octanol–water partition coefficient (Wildman–Crippen LogP) is 3.37. The van der Waals surface area contributed by atoms with Crippen molar-refractivity contribution in [3.05, 3.63) is 69.8 Å². The SMILES string of the molecule is Cc1ccc(C2=C(N3CCOCC3)C(=O)N(c3ccc(Br)cc3)C2=O)cc1. The van der Waals surface area contributed by atoms with Gasteiger partial charge in [-0.3, -0.25) is 9.59 Å². The molecule has 4 rings (SSSR count). The Balaban J connectivity index is 1.81. The molecule has 0 atom stereocenters. The van der Waals surface area contributed by atoms with Crippen LogP contribution < -0.4 is 4.90 Å². The van der Waals surface area contributed by atoms with Crippen molar-refractivity contribution in [2.24, 2.45) is 0 Å². The molecule has 0 spiro atoms. The Morgan fingerprint density at radius 1 is 0.889 bits per heavy atom. The number of ether oxygens (including phenoxy) is 1. The van der Waals surface area contributed by atoms with E-state index in [-0.39, 0.29) is 11.8 Å². The van der Waals surface area contributed by atoms with Gasteiger partial charge in [-0.15, -0.1) is 0 Å². The van der Waals surface area contributed by atoms with Gasteiger partial charge in [-0.05, 0) is 36.8 Å². The average Bonchev–Trinajstić information content (AvgIpc) is 2.94. The number of aryl methyl sites for hydroxylation is 1. The molecule has 27 heavy (non-hydrogen) atoms. The number of nitrogens with zero attached hydrogens (tertiary/aromatic N) is 2. The number of halogens is 1. The van der Waals surface area contributed by atoms with Crippen LogP contribution in [0.1, 0.15) is 11.1 Å². The maximum Gasteiger partial charge on any atom is 0.282 e. The van der Waals surface area contributed by atoms with Gasteiger partial charge in [0, 0.05) is 17.6 Å². The van der Waals surface area contributed by atoms with Gasteiger partial charge < -0.3 is 9.64 Å². The number of benzene rings is 2. The molecule has 2 aliphatic heterocycles. The van der Waals surface area contributed by atoms with Gasteiger partial charge >= 0.3 is 0 Å². The average molecular weight is 427 g/mol. The number of hydrogen-bond donors (Lipinski definition) is 0. The van der Waals surface area contributed by atoms with E-state index in [0.717, 1.165) is 15.6 Å². The highest BCUT2D eigenvalue weighted by molar-refractivity contribution is 9.10. The van der Waals surface area contributed by atoms with Gasteiger partial charge in [0.2, 0.25) is 0 Å². The Bertz CT molecular complexity index is 913. The lowest BCUT2D eigenvalue weighted by atomic mass is 10.0. The number of hydrogen-bond acceptors (Lipinski definition) is 4. The highest BCUT2D eigenvalue weighted by Crippen LogP contribution is 2.35. The predicted molar refractivity (Wildman–Crippen MR) is 107 cm³/mol. The second-order valence-corrected chi connectivity index (χ2v) is 7.53. The molecule has 0 unspecified atom stereocenters. The molecule has 0 radical (unpaired) electrons. The zero-order valence-corrected chi connectivity index (χ0v) is 16.5. The summed E-state index contributed by atoms with van der Waals surface area (Å²) >= 11 is 3.39. The molecule has 0 bridgehead atoms. The monoisotopic (exact) mass is 426 g/mol. The molecule has 0 aliphatic carbocycles. The number of carbonyl (C=O) groups excluding carboxylic acids is 2. The minimum absolute atomic E-state index is 0.278. The van der Waals surface area contributed by atoms with Crippen LogP contribution in [0.25, 0.3) is 5.57 Å². The third-order valence-electron chi connectivity index (χ3n) is 4.81. The Morgan fingerprint density at radius 3 is 2.15 bits per heavy atom. The molecule has 138 valence electrons. The van der Waals surface area contributed by atoms with Gasteiger partial charge in [0.25, 0.3) is 11.8 Å². The molecule has 6 heteroatoms. The molecule has 1 saturated heterocycles. The van der Waals surface area contributed by atoms with Gasteiger partial charge in [0.1, 0.15) is 5.70 Å². The molecule has 0 N–H and O–H groups in total. The molecule has 0 saturated carbocycles. The maximum atomic E-state index is 13.3. The van der Waals surface area contributed by atoms with Crippen molar-refractivity contribution in [3.8, 4) is 0 Å². The molecule has 2 amide bonds. The van der Waals surface area contributed by atoms with Crippen LogP contribution >= 0.6 is 15.9 Å². The van der Waals surface area contributed by atoms with Gasteiger partial charge in [-0.25, -0.2) is 4.90 Å². The molecular weight excluding hydrogens is 408 g/mol. The quantitative estimate of drug-likeness (QED) is 0.705. The van der Waals surface area contributed by atoms with Crippen molar-refractivity contribution in [3.63, 3.8) is 0 Å². The first-order valence-corrected chi connectivity index (χ1v) is 9.64. The standard InChI is InChI=1S/C21H19BrN2O3/c1-14-2-4-15(5-3-14)18-19(23-10-12-27-13-11-23)21(26)24(20(18)25)17-8-6-16(22)7-9-17/h2-9H,10-13H2,1H3. The zero-order chi connectivity index (χ0) is 19.0. The molecule has 5 nitrogen and oxygen atoms in total. The van der Waals surface area contributed by atoms with Crippen LogP contribution in [-0.2, 0) is 14.3 Å². The van der Waals surface area contributed by atoms with Crippen molar-refractivity contribution in [1.82, 2.24) is 4.90 Å². The maximum absolute atomic E-state index is 13.3. The third-order valence-corrected chi connectivity index (χ3v) is 5.34. The van der Waals surface area contributed by atoms with E-state index >= 15 is 0 Å². The van der Waals surface area contributed by atoms with Crippen molar-refractivity contribution >= 4 is 39.0 Å². The van der Waals surface area contributed by atoms with E-state index in [2.05, 4.69) is 15.9 Å². The van der Waals surface area contributed by atoms with E-state index in [1.807, 2.05) is 48.2 Å². The Hall–Kier alpha value is -2.44. The van der Waals surface area contributed by atoms with Crippen LogP contribution in [0, 0.1) is 6.92 Å². The van der Waals surface area contributed by atoms with Crippen molar-refractivity contribution < 1.29 is 14.3 Å². The number of amides is 2. The highest BCUT2D eigenvalue weighted by Gasteiger charge is 2.42. The summed E-state index contributed by atoms with van der Waals surface area (Å²) in [5.74, 6) is -0.563. The first-order valence-electron chi connectivity index (χ1n) is 8.84. The number of anilines is 1. The first kappa shape index (κ1) is 17.9. The third kappa shape index (κ3) is 3.31. The number of morpholine rings is 1. The second kappa shape index (κ2) is 7.29. The number of rotatable bonds is 3. The molecule has 2 heterocycles. The van der Waals surface area contributed by atoms with Gasteiger partial charge in [-0.1, -0.05) is 45.8 Å². The number of imide groups is 1. The molecule has 2 aromatic carbocycles. The summed E-state index contributed by atoms with van der Waals surface area (Å²) in [6, 6.07) is 14.9. The van der Waals surface area contributed by atoms with E-state index < -0.39 is 0 Å². The fourth-order valence-electron chi connectivity index (χ4n) is 3.40. The number of carbonyl (C=O) groups is 2. The van der Waals surface area contributed by atoms with Gasteiger partial charge in [-0.2, -0.15) is 0 Å². The summed E-state index contributed by atoms with van der Waals surface area (Å²) in [5.41, 5.74) is 3.37.